The molecule has 1 heterocycles. The van der Waals surface area contributed by atoms with E-state index in [0.29, 0.717) is 23.0 Å². The fourth-order valence-corrected chi connectivity index (χ4v) is 2.41. The SMILES string of the molecule is CCn1nnnc1SCc1ccccc1OC(F)F. The van der Waals surface area contributed by atoms with Crippen LogP contribution in [0.1, 0.15) is 12.5 Å². The highest BCUT2D eigenvalue weighted by Gasteiger charge is 2.11. The van der Waals surface area contributed by atoms with E-state index in [-0.39, 0.29) is 5.75 Å². The van der Waals surface area contributed by atoms with E-state index in [1.807, 2.05) is 6.92 Å². The monoisotopic (exact) mass is 286 g/mol. The van der Waals surface area contributed by atoms with Crippen LogP contribution in [0.5, 0.6) is 5.75 Å². The minimum atomic E-state index is -2.83. The lowest BCUT2D eigenvalue weighted by Crippen LogP contribution is -2.04. The van der Waals surface area contributed by atoms with Crippen molar-refractivity contribution in [2.24, 2.45) is 0 Å². The molecule has 0 spiro atoms. The molecule has 2 rings (SSSR count). The number of thioether (sulfide) groups is 1. The molecule has 0 saturated carbocycles. The number of alkyl halides is 2. The van der Waals surface area contributed by atoms with Crippen LogP contribution >= 0.6 is 11.8 Å². The Balaban J connectivity index is 2.07. The zero-order chi connectivity index (χ0) is 13.7. The van der Waals surface area contributed by atoms with Gasteiger partial charge in [0.2, 0.25) is 5.16 Å². The average molecular weight is 286 g/mol. The van der Waals surface area contributed by atoms with Crippen molar-refractivity contribution in [3.8, 4) is 5.75 Å². The van der Waals surface area contributed by atoms with Gasteiger partial charge in [-0.1, -0.05) is 30.0 Å². The van der Waals surface area contributed by atoms with Crippen LogP contribution in [0, 0.1) is 0 Å². The Hall–Kier alpha value is -1.70. The van der Waals surface area contributed by atoms with E-state index in [4.69, 9.17) is 0 Å². The number of tetrazole rings is 1. The molecule has 0 aliphatic carbocycles. The van der Waals surface area contributed by atoms with Gasteiger partial charge in [0.1, 0.15) is 5.75 Å². The minimum absolute atomic E-state index is 0.181. The third-order valence-electron chi connectivity index (χ3n) is 2.34. The Bertz CT molecular complexity index is 535. The maximum atomic E-state index is 12.3. The van der Waals surface area contributed by atoms with Gasteiger partial charge in [-0.05, 0) is 23.4 Å². The number of nitrogens with zero attached hydrogens (tertiary/aromatic N) is 4. The van der Waals surface area contributed by atoms with Crippen LogP contribution in [0.15, 0.2) is 29.4 Å². The summed E-state index contributed by atoms with van der Waals surface area (Å²) in [6.45, 7) is -0.245. The molecule has 0 fully saturated rings. The molecule has 1 aromatic carbocycles. The first kappa shape index (κ1) is 13.7. The predicted molar refractivity (Wildman–Crippen MR) is 66.1 cm³/mol. The topological polar surface area (TPSA) is 52.8 Å². The maximum Gasteiger partial charge on any atom is 0.387 e. The highest BCUT2D eigenvalue weighted by Crippen LogP contribution is 2.27. The van der Waals surface area contributed by atoms with Crippen LogP contribution in [0.3, 0.4) is 0 Å². The quantitative estimate of drug-likeness (QED) is 0.764. The Labute approximate surface area is 112 Å². The summed E-state index contributed by atoms with van der Waals surface area (Å²) < 4.78 is 30.6. The van der Waals surface area contributed by atoms with Gasteiger partial charge in [-0.3, -0.25) is 0 Å². The number of ether oxygens (including phenoxy) is 1. The van der Waals surface area contributed by atoms with Crippen molar-refractivity contribution in [1.82, 2.24) is 20.2 Å². The minimum Gasteiger partial charge on any atom is -0.435 e. The van der Waals surface area contributed by atoms with Gasteiger partial charge < -0.3 is 4.74 Å². The molecule has 0 saturated heterocycles. The van der Waals surface area contributed by atoms with Crippen LogP contribution < -0.4 is 4.74 Å². The summed E-state index contributed by atoms with van der Waals surface area (Å²) in [5.41, 5.74) is 0.679. The summed E-state index contributed by atoms with van der Waals surface area (Å²) in [6.07, 6.45) is 0. The fraction of sp³-hybridized carbons (Fsp3) is 0.364. The Kier molecular flexibility index (Phi) is 4.67. The van der Waals surface area contributed by atoms with Gasteiger partial charge in [-0.15, -0.1) is 5.10 Å². The van der Waals surface area contributed by atoms with E-state index in [0.717, 1.165) is 0 Å². The van der Waals surface area contributed by atoms with Crippen LogP contribution in [-0.4, -0.2) is 26.8 Å². The largest absolute Gasteiger partial charge is 0.435 e. The predicted octanol–water partition coefficient (Wildman–Crippen LogP) is 2.59. The standard InChI is InChI=1S/C11H12F2N4OS/c1-2-17-11(14-15-16-17)19-7-8-5-3-4-6-9(8)18-10(12)13/h3-6,10H,2,7H2,1H3. The van der Waals surface area contributed by atoms with Crippen molar-refractivity contribution < 1.29 is 13.5 Å². The zero-order valence-corrected chi connectivity index (χ0v) is 11.0. The molecule has 0 bridgehead atoms. The number of hydrogen-bond donors (Lipinski definition) is 0. The van der Waals surface area contributed by atoms with E-state index in [9.17, 15) is 8.78 Å². The molecule has 0 aliphatic rings. The van der Waals surface area contributed by atoms with Gasteiger partial charge in [0, 0.05) is 17.9 Å². The molecule has 0 atom stereocenters. The van der Waals surface area contributed by atoms with Crippen LogP contribution in [0.2, 0.25) is 0 Å². The van der Waals surface area contributed by atoms with Crippen molar-refractivity contribution in [2.45, 2.75) is 31.0 Å². The first-order valence-corrected chi connectivity index (χ1v) is 6.61. The van der Waals surface area contributed by atoms with Gasteiger partial charge in [0.15, 0.2) is 0 Å². The molecule has 19 heavy (non-hydrogen) atoms. The number of hydrogen-bond acceptors (Lipinski definition) is 5. The van der Waals surface area contributed by atoms with Crippen LogP contribution in [-0.2, 0) is 12.3 Å². The van der Waals surface area contributed by atoms with Gasteiger partial charge in [0.25, 0.3) is 0 Å². The number of rotatable bonds is 6. The molecule has 2 aromatic rings. The van der Waals surface area contributed by atoms with Gasteiger partial charge >= 0.3 is 6.61 Å². The Morgan fingerprint density at radius 3 is 2.89 bits per heavy atom. The number of aromatic nitrogens is 4. The normalized spacial score (nSPS) is 10.9. The highest BCUT2D eigenvalue weighted by atomic mass is 32.2. The summed E-state index contributed by atoms with van der Waals surface area (Å²) >= 11 is 1.37. The van der Waals surface area contributed by atoms with E-state index < -0.39 is 6.61 Å². The van der Waals surface area contributed by atoms with E-state index >= 15 is 0 Å². The Morgan fingerprint density at radius 2 is 2.16 bits per heavy atom. The first-order chi connectivity index (χ1) is 9.20. The average Bonchev–Trinajstić information content (AvgIpc) is 2.84. The third-order valence-corrected chi connectivity index (χ3v) is 3.35. The molecular weight excluding hydrogens is 274 g/mol. The van der Waals surface area contributed by atoms with Gasteiger partial charge in [-0.25, -0.2) is 4.68 Å². The van der Waals surface area contributed by atoms with Gasteiger partial charge in [0.05, 0.1) is 0 Å². The molecule has 0 amide bonds. The second-order valence-electron chi connectivity index (χ2n) is 3.55. The smallest absolute Gasteiger partial charge is 0.387 e. The summed E-state index contributed by atoms with van der Waals surface area (Å²) in [4.78, 5) is 0. The third kappa shape index (κ3) is 3.63. The summed E-state index contributed by atoms with van der Waals surface area (Å²) in [5.74, 6) is 0.643. The fourth-order valence-electron chi connectivity index (χ4n) is 1.47. The molecule has 102 valence electrons. The van der Waals surface area contributed by atoms with E-state index in [1.54, 1.807) is 22.9 Å². The van der Waals surface area contributed by atoms with Crippen LogP contribution in [0.25, 0.3) is 0 Å². The zero-order valence-electron chi connectivity index (χ0n) is 10.2. The molecule has 0 unspecified atom stereocenters. The van der Waals surface area contributed by atoms with E-state index in [2.05, 4.69) is 20.3 Å². The number of aryl methyl sites for hydroxylation is 1. The lowest BCUT2D eigenvalue weighted by atomic mass is 10.2. The lowest BCUT2D eigenvalue weighted by molar-refractivity contribution is -0.0503. The van der Waals surface area contributed by atoms with Crippen molar-refractivity contribution in [2.75, 3.05) is 0 Å². The van der Waals surface area contributed by atoms with Crippen molar-refractivity contribution in [3.05, 3.63) is 29.8 Å². The number of halogens is 2. The molecule has 5 nitrogen and oxygen atoms in total. The van der Waals surface area contributed by atoms with Crippen LogP contribution in [0.4, 0.5) is 8.78 Å². The molecular formula is C11H12F2N4OS. The number of benzene rings is 1. The molecule has 0 N–H and O–H groups in total. The summed E-state index contributed by atoms with van der Waals surface area (Å²) in [7, 11) is 0. The summed E-state index contributed by atoms with van der Waals surface area (Å²) in [5, 5.41) is 11.9. The first-order valence-electron chi connectivity index (χ1n) is 5.62. The summed E-state index contributed by atoms with van der Waals surface area (Å²) in [6, 6.07) is 6.69. The second kappa shape index (κ2) is 6.46. The molecule has 8 heteroatoms. The molecule has 0 aliphatic heterocycles. The van der Waals surface area contributed by atoms with Gasteiger partial charge in [-0.2, -0.15) is 8.78 Å². The highest BCUT2D eigenvalue weighted by molar-refractivity contribution is 7.98. The van der Waals surface area contributed by atoms with Crippen molar-refractivity contribution in [3.63, 3.8) is 0 Å². The lowest BCUT2D eigenvalue weighted by Gasteiger charge is -2.09. The Morgan fingerprint density at radius 1 is 1.37 bits per heavy atom. The van der Waals surface area contributed by atoms with Crippen molar-refractivity contribution >= 4 is 11.8 Å². The molecule has 1 aromatic heterocycles. The van der Waals surface area contributed by atoms with E-state index in [1.165, 1.54) is 17.8 Å². The maximum absolute atomic E-state index is 12.3. The molecule has 0 radical (unpaired) electrons. The number of para-hydroxylation sites is 1. The second-order valence-corrected chi connectivity index (χ2v) is 4.49. The van der Waals surface area contributed by atoms with Crippen molar-refractivity contribution in [1.29, 1.82) is 0 Å².